The molecule has 0 aliphatic heterocycles. The van der Waals surface area contributed by atoms with Crippen molar-refractivity contribution in [3.63, 3.8) is 0 Å². The Morgan fingerprint density at radius 2 is 2.09 bits per heavy atom. The van der Waals surface area contributed by atoms with Gasteiger partial charge < -0.3 is 5.11 Å². The van der Waals surface area contributed by atoms with Crippen molar-refractivity contribution in [2.24, 2.45) is 0 Å². The maximum Gasteiger partial charge on any atom is 0.114 e. The van der Waals surface area contributed by atoms with Crippen LogP contribution in [0.2, 0.25) is 0 Å². The molecule has 0 unspecified atom stereocenters. The van der Waals surface area contributed by atoms with Gasteiger partial charge in [0.15, 0.2) is 0 Å². The third-order valence-electron chi connectivity index (χ3n) is 1.39. The minimum Gasteiger partial charge on any atom is -0.508 e. The largest absolute Gasteiger partial charge is 0.508 e. The molecule has 0 aliphatic carbocycles. The Kier molecular flexibility index (Phi) is 5.26. The molecule has 0 bridgehead atoms. The number of aliphatic hydroxyl groups excluding tert-OH is 1. The molecule has 0 spiro atoms. The van der Waals surface area contributed by atoms with E-state index >= 15 is 0 Å². The molecule has 0 atom stereocenters. The van der Waals surface area contributed by atoms with Gasteiger partial charge in [0.05, 0.1) is 0 Å². The van der Waals surface area contributed by atoms with Crippen molar-refractivity contribution in [2.75, 3.05) is 0 Å². The average Bonchev–Trinajstić information content (AvgIpc) is 2.01. The predicted octanol–water partition coefficient (Wildman–Crippen LogP) is 3.36. The van der Waals surface area contributed by atoms with Gasteiger partial charge in [-0.25, -0.2) is 0 Å². The van der Waals surface area contributed by atoms with Gasteiger partial charge in [0.2, 0.25) is 0 Å². The summed E-state index contributed by atoms with van der Waals surface area (Å²) in [6, 6.07) is 0. The first-order valence-electron chi connectivity index (χ1n) is 3.89. The molecule has 0 heterocycles. The molecular formula is C10H16O. The van der Waals surface area contributed by atoms with E-state index in [0.717, 1.165) is 12.8 Å². The Labute approximate surface area is 68.7 Å². The fraction of sp³-hybridized carbons (Fsp3) is 0.400. The first kappa shape index (κ1) is 10.0. The van der Waals surface area contributed by atoms with Crippen LogP contribution in [0.15, 0.2) is 36.1 Å². The van der Waals surface area contributed by atoms with Crippen LogP contribution in [0.3, 0.4) is 0 Å². The highest BCUT2D eigenvalue weighted by molar-refractivity contribution is 5.18. The highest BCUT2D eigenvalue weighted by atomic mass is 16.3. The zero-order valence-corrected chi connectivity index (χ0v) is 7.30. The molecule has 0 saturated heterocycles. The summed E-state index contributed by atoms with van der Waals surface area (Å²) in [5, 5.41) is 8.97. The molecule has 0 rings (SSSR count). The number of rotatable bonds is 4. The maximum atomic E-state index is 8.97. The summed E-state index contributed by atoms with van der Waals surface area (Å²) in [6.07, 6.45) is 7.24. The quantitative estimate of drug-likeness (QED) is 0.483. The van der Waals surface area contributed by atoms with E-state index in [2.05, 4.69) is 20.4 Å². The standard InChI is InChI=1S/C10H16O/c1-4-6-9(3)7-8-10(11)5-2/h5,7-8,11H,2,4,6H2,1,3H3/b9-7-,10-8+. The highest BCUT2D eigenvalue weighted by Crippen LogP contribution is 2.03. The maximum absolute atomic E-state index is 8.97. The zero-order valence-electron chi connectivity index (χ0n) is 7.30. The van der Waals surface area contributed by atoms with Crippen molar-refractivity contribution in [3.05, 3.63) is 36.1 Å². The Morgan fingerprint density at radius 1 is 1.45 bits per heavy atom. The minimum atomic E-state index is 0.223. The molecule has 62 valence electrons. The number of allylic oxidation sites excluding steroid dienone is 4. The van der Waals surface area contributed by atoms with E-state index in [1.807, 2.05) is 6.08 Å². The SMILES string of the molecule is C=C/C(O)=C\C=C(\C)CCC. The summed E-state index contributed by atoms with van der Waals surface area (Å²) < 4.78 is 0. The lowest BCUT2D eigenvalue weighted by molar-refractivity contribution is 0.433. The third-order valence-corrected chi connectivity index (χ3v) is 1.39. The van der Waals surface area contributed by atoms with Gasteiger partial charge in [0, 0.05) is 0 Å². The Balaban J connectivity index is 3.99. The predicted molar refractivity (Wildman–Crippen MR) is 49.6 cm³/mol. The van der Waals surface area contributed by atoms with E-state index < -0.39 is 0 Å². The lowest BCUT2D eigenvalue weighted by Crippen LogP contribution is -1.75. The van der Waals surface area contributed by atoms with Crippen LogP contribution >= 0.6 is 0 Å². The van der Waals surface area contributed by atoms with Gasteiger partial charge in [0.1, 0.15) is 5.76 Å². The van der Waals surface area contributed by atoms with Gasteiger partial charge in [-0.1, -0.05) is 31.6 Å². The van der Waals surface area contributed by atoms with Gasteiger partial charge in [-0.05, 0) is 25.5 Å². The fourth-order valence-electron chi connectivity index (χ4n) is 0.773. The number of hydrogen-bond acceptors (Lipinski definition) is 1. The topological polar surface area (TPSA) is 20.2 Å². The van der Waals surface area contributed by atoms with Crippen LogP contribution in [0.5, 0.6) is 0 Å². The van der Waals surface area contributed by atoms with E-state index in [-0.39, 0.29) is 5.76 Å². The third kappa shape index (κ3) is 5.46. The molecule has 0 aliphatic rings. The number of hydrogen-bond donors (Lipinski definition) is 1. The van der Waals surface area contributed by atoms with Crippen LogP contribution in [0.25, 0.3) is 0 Å². The normalized spacial score (nSPS) is 13.3. The lowest BCUT2D eigenvalue weighted by atomic mass is 10.1. The van der Waals surface area contributed by atoms with Crippen molar-refractivity contribution < 1.29 is 5.11 Å². The second kappa shape index (κ2) is 5.78. The van der Waals surface area contributed by atoms with Gasteiger partial charge in [-0.2, -0.15) is 0 Å². The highest BCUT2D eigenvalue weighted by Gasteiger charge is 1.84. The summed E-state index contributed by atoms with van der Waals surface area (Å²) in [5.41, 5.74) is 1.28. The van der Waals surface area contributed by atoms with Crippen LogP contribution in [0.1, 0.15) is 26.7 Å². The van der Waals surface area contributed by atoms with Crippen molar-refractivity contribution in [3.8, 4) is 0 Å². The average molecular weight is 152 g/mol. The van der Waals surface area contributed by atoms with Crippen LogP contribution in [0, 0.1) is 0 Å². The van der Waals surface area contributed by atoms with Crippen molar-refractivity contribution in [1.29, 1.82) is 0 Å². The Morgan fingerprint density at radius 3 is 2.55 bits per heavy atom. The van der Waals surface area contributed by atoms with Crippen LogP contribution in [-0.2, 0) is 0 Å². The van der Waals surface area contributed by atoms with E-state index in [4.69, 9.17) is 5.11 Å². The summed E-state index contributed by atoms with van der Waals surface area (Å²) in [5.74, 6) is 0.223. The van der Waals surface area contributed by atoms with Gasteiger partial charge >= 0.3 is 0 Å². The summed E-state index contributed by atoms with van der Waals surface area (Å²) in [4.78, 5) is 0. The first-order chi connectivity index (χ1) is 5.20. The van der Waals surface area contributed by atoms with Crippen molar-refractivity contribution in [1.82, 2.24) is 0 Å². The molecule has 0 saturated carbocycles. The van der Waals surface area contributed by atoms with E-state index in [1.54, 1.807) is 6.08 Å². The van der Waals surface area contributed by atoms with Gasteiger partial charge in [0.25, 0.3) is 0 Å². The second-order valence-electron chi connectivity index (χ2n) is 2.56. The van der Waals surface area contributed by atoms with Crippen molar-refractivity contribution >= 4 is 0 Å². The van der Waals surface area contributed by atoms with Gasteiger partial charge in [-0.3, -0.25) is 0 Å². The minimum absolute atomic E-state index is 0.223. The first-order valence-corrected chi connectivity index (χ1v) is 3.89. The molecule has 0 fully saturated rings. The van der Waals surface area contributed by atoms with Crippen LogP contribution in [-0.4, -0.2) is 5.11 Å². The second-order valence-corrected chi connectivity index (χ2v) is 2.56. The van der Waals surface area contributed by atoms with E-state index in [1.165, 1.54) is 11.6 Å². The van der Waals surface area contributed by atoms with Crippen LogP contribution < -0.4 is 0 Å². The summed E-state index contributed by atoms with van der Waals surface area (Å²) in [6.45, 7) is 7.62. The van der Waals surface area contributed by atoms with Crippen LogP contribution in [0.4, 0.5) is 0 Å². The molecule has 0 aromatic rings. The molecule has 0 amide bonds. The monoisotopic (exact) mass is 152 g/mol. The zero-order chi connectivity index (χ0) is 8.69. The summed E-state index contributed by atoms with van der Waals surface area (Å²) >= 11 is 0. The Bertz CT molecular complexity index is 175. The summed E-state index contributed by atoms with van der Waals surface area (Å²) in [7, 11) is 0. The molecule has 1 N–H and O–H groups in total. The Hall–Kier alpha value is -0.980. The molecule has 11 heavy (non-hydrogen) atoms. The smallest absolute Gasteiger partial charge is 0.114 e. The molecule has 1 heteroatoms. The lowest BCUT2D eigenvalue weighted by Gasteiger charge is -1.93. The van der Waals surface area contributed by atoms with Gasteiger partial charge in [-0.15, -0.1) is 0 Å². The molecular weight excluding hydrogens is 136 g/mol. The molecule has 0 aromatic heterocycles. The fourth-order valence-corrected chi connectivity index (χ4v) is 0.773. The molecule has 1 nitrogen and oxygen atoms in total. The van der Waals surface area contributed by atoms with Crippen molar-refractivity contribution in [2.45, 2.75) is 26.7 Å². The van der Waals surface area contributed by atoms with E-state index in [0.29, 0.717) is 0 Å². The molecule has 0 aromatic carbocycles. The molecule has 0 radical (unpaired) electrons. The number of aliphatic hydroxyl groups is 1. The van der Waals surface area contributed by atoms with E-state index in [9.17, 15) is 0 Å².